The fraction of sp³-hybridized carbons (Fsp3) is 0.679. The lowest BCUT2D eigenvalue weighted by atomic mass is 9.88. The number of rotatable bonds is 11. The average Bonchev–Trinajstić information content (AvgIpc) is 2.87. The molecule has 3 rings (SSSR count). The van der Waals surface area contributed by atoms with Gasteiger partial charge in [0.2, 0.25) is 11.8 Å². The Labute approximate surface area is 205 Å². The first-order valence-corrected chi connectivity index (χ1v) is 13.5. The van der Waals surface area contributed by atoms with Gasteiger partial charge in [-0.3, -0.25) is 14.4 Å². The molecule has 3 amide bonds. The molecule has 1 aliphatic heterocycles. The van der Waals surface area contributed by atoms with E-state index in [1.807, 2.05) is 35.2 Å². The third-order valence-corrected chi connectivity index (χ3v) is 7.34. The van der Waals surface area contributed by atoms with Gasteiger partial charge in [-0.25, -0.2) is 0 Å². The molecular weight excluding hydrogens is 426 g/mol. The van der Waals surface area contributed by atoms with Crippen LogP contribution in [-0.2, 0) is 9.59 Å². The van der Waals surface area contributed by atoms with Crippen LogP contribution in [0.5, 0.6) is 0 Å². The van der Waals surface area contributed by atoms with E-state index < -0.39 is 0 Å². The Morgan fingerprint density at radius 2 is 1.53 bits per heavy atom. The summed E-state index contributed by atoms with van der Waals surface area (Å²) < 4.78 is 0. The Balaban J connectivity index is 1.46. The Morgan fingerprint density at radius 3 is 2.26 bits per heavy atom. The highest BCUT2D eigenvalue weighted by Gasteiger charge is 2.33. The van der Waals surface area contributed by atoms with Crippen molar-refractivity contribution in [3.63, 3.8) is 0 Å². The molecule has 6 nitrogen and oxygen atoms in total. The van der Waals surface area contributed by atoms with Gasteiger partial charge in [0.25, 0.3) is 5.91 Å². The van der Waals surface area contributed by atoms with Crippen LogP contribution in [0.3, 0.4) is 0 Å². The molecule has 1 heterocycles. The van der Waals surface area contributed by atoms with E-state index in [2.05, 4.69) is 17.6 Å². The number of benzene rings is 1. The van der Waals surface area contributed by atoms with Crippen LogP contribution in [0.1, 0.15) is 101 Å². The molecule has 0 spiro atoms. The molecule has 2 aliphatic rings. The van der Waals surface area contributed by atoms with E-state index in [0.29, 0.717) is 18.5 Å². The van der Waals surface area contributed by atoms with Crippen molar-refractivity contribution >= 4 is 17.7 Å². The summed E-state index contributed by atoms with van der Waals surface area (Å²) in [6, 6.07) is 9.12. The summed E-state index contributed by atoms with van der Waals surface area (Å²) in [5.41, 5.74) is 0.643. The fourth-order valence-electron chi connectivity index (χ4n) is 5.25. The molecule has 2 N–H and O–H groups in total. The van der Waals surface area contributed by atoms with E-state index in [0.717, 1.165) is 57.9 Å². The second kappa shape index (κ2) is 14.1. The molecular formula is C28H43N3O3. The zero-order valence-corrected chi connectivity index (χ0v) is 20.9. The molecule has 6 heteroatoms. The number of nitrogens with one attached hydrogen (secondary N) is 2. The number of hydrogen-bond donors (Lipinski definition) is 2. The lowest BCUT2D eigenvalue weighted by Crippen LogP contribution is -2.55. The molecule has 1 saturated carbocycles. The quantitative estimate of drug-likeness (QED) is 0.456. The van der Waals surface area contributed by atoms with Gasteiger partial charge in [-0.15, -0.1) is 0 Å². The van der Waals surface area contributed by atoms with Crippen molar-refractivity contribution in [3.05, 3.63) is 35.9 Å². The van der Waals surface area contributed by atoms with E-state index in [-0.39, 0.29) is 35.7 Å². The van der Waals surface area contributed by atoms with Crippen molar-refractivity contribution in [2.75, 3.05) is 13.1 Å². The molecule has 1 aromatic rings. The SMILES string of the molecule is CCCCCCCCC(=O)N1CCCC(C(=O)N[C@@H]2CCCC[C@H]2NC(=O)c2ccccc2)C1. The molecule has 0 bridgehead atoms. The second-order valence-electron chi connectivity index (χ2n) is 10.0. The van der Waals surface area contributed by atoms with Crippen LogP contribution in [-0.4, -0.2) is 47.8 Å². The standard InChI is InChI=1S/C28H43N3O3/c1-2-3-4-5-6-10-19-26(32)31-20-13-16-23(21-31)28(34)30-25-18-12-11-17-24(25)29-27(33)22-14-8-7-9-15-22/h7-9,14-15,23-25H,2-6,10-13,16-21H2,1H3,(H,29,33)(H,30,34)/t23?,24-,25-/m1/s1. The van der Waals surface area contributed by atoms with Crippen LogP contribution >= 0.6 is 0 Å². The van der Waals surface area contributed by atoms with Crippen molar-refractivity contribution < 1.29 is 14.4 Å². The lowest BCUT2D eigenvalue weighted by molar-refractivity contribution is -0.136. The van der Waals surface area contributed by atoms with Crippen molar-refractivity contribution in [1.82, 2.24) is 15.5 Å². The monoisotopic (exact) mass is 469 g/mol. The second-order valence-corrected chi connectivity index (χ2v) is 10.0. The molecule has 1 aromatic carbocycles. The van der Waals surface area contributed by atoms with Gasteiger partial charge < -0.3 is 15.5 Å². The van der Waals surface area contributed by atoms with Gasteiger partial charge in [-0.1, -0.05) is 70.1 Å². The summed E-state index contributed by atoms with van der Waals surface area (Å²) in [6.07, 6.45) is 13.2. The van der Waals surface area contributed by atoms with Gasteiger partial charge in [0, 0.05) is 37.2 Å². The molecule has 0 aromatic heterocycles. The van der Waals surface area contributed by atoms with Crippen molar-refractivity contribution in [2.24, 2.45) is 5.92 Å². The summed E-state index contributed by atoms with van der Waals surface area (Å²) in [5.74, 6) is -0.0212. The van der Waals surface area contributed by atoms with Crippen LogP contribution in [0, 0.1) is 5.92 Å². The van der Waals surface area contributed by atoms with E-state index in [4.69, 9.17) is 0 Å². The highest BCUT2D eigenvalue weighted by molar-refractivity contribution is 5.94. The number of nitrogens with zero attached hydrogens (tertiary/aromatic N) is 1. The van der Waals surface area contributed by atoms with E-state index in [1.54, 1.807) is 0 Å². The van der Waals surface area contributed by atoms with Gasteiger partial charge in [-0.05, 0) is 44.2 Å². The van der Waals surface area contributed by atoms with Crippen molar-refractivity contribution in [1.29, 1.82) is 0 Å². The van der Waals surface area contributed by atoms with Crippen LogP contribution in [0.2, 0.25) is 0 Å². The van der Waals surface area contributed by atoms with E-state index in [1.165, 1.54) is 25.7 Å². The largest absolute Gasteiger partial charge is 0.351 e. The van der Waals surface area contributed by atoms with Gasteiger partial charge in [0.15, 0.2) is 0 Å². The van der Waals surface area contributed by atoms with Crippen molar-refractivity contribution in [2.45, 2.75) is 102 Å². The highest BCUT2D eigenvalue weighted by atomic mass is 16.2. The summed E-state index contributed by atoms with van der Waals surface area (Å²) in [5, 5.41) is 6.38. The summed E-state index contributed by atoms with van der Waals surface area (Å²) in [4.78, 5) is 40.4. The summed E-state index contributed by atoms with van der Waals surface area (Å²) in [6.45, 7) is 3.49. The third-order valence-electron chi connectivity index (χ3n) is 7.34. The molecule has 1 saturated heterocycles. The minimum Gasteiger partial charge on any atom is -0.351 e. The first-order valence-electron chi connectivity index (χ1n) is 13.5. The molecule has 1 aliphatic carbocycles. The molecule has 3 atom stereocenters. The number of carbonyl (C=O) groups excluding carboxylic acids is 3. The van der Waals surface area contributed by atoms with Gasteiger partial charge in [-0.2, -0.15) is 0 Å². The number of hydrogen-bond acceptors (Lipinski definition) is 3. The Bertz CT molecular complexity index is 782. The van der Waals surface area contributed by atoms with Gasteiger partial charge in [0.1, 0.15) is 0 Å². The zero-order chi connectivity index (χ0) is 24.2. The Kier molecular flexibility index (Phi) is 10.9. The third kappa shape index (κ3) is 8.14. The lowest BCUT2D eigenvalue weighted by Gasteiger charge is -2.36. The van der Waals surface area contributed by atoms with Crippen LogP contribution in [0.4, 0.5) is 0 Å². The normalized spacial score (nSPS) is 22.7. The zero-order valence-electron chi connectivity index (χ0n) is 20.9. The first kappa shape index (κ1) is 26.2. The summed E-state index contributed by atoms with van der Waals surface area (Å²) in [7, 11) is 0. The topological polar surface area (TPSA) is 78.5 Å². The minimum atomic E-state index is -0.158. The number of amides is 3. The predicted octanol–water partition coefficient (Wildman–Crippen LogP) is 4.83. The maximum absolute atomic E-state index is 13.1. The van der Waals surface area contributed by atoms with E-state index >= 15 is 0 Å². The number of piperidine rings is 1. The molecule has 1 unspecified atom stereocenters. The number of carbonyl (C=O) groups is 3. The van der Waals surface area contributed by atoms with Crippen LogP contribution < -0.4 is 10.6 Å². The Morgan fingerprint density at radius 1 is 0.853 bits per heavy atom. The van der Waals surface area contributed by atoms with Crippen LogP contribution in [0.25, 0.3) is 0 Å². The molecule has 2 fully saturated rings. The van der Waals surface area contributed by atoms with Gasteiger partial charge >= 0.3 is 0 Å². The molecule has 34 heavy (non-hydrogen) atoms. The molecule has 188 valence electrons. The highest BCUT2D eigenvalue weighted by Crippen LogP contribution is 2.22. The van der Waals surface area contributed by atoms with Crippen molar-refractivity contribution in [3.8, 4) is 0 Å². The maximum Gasteiger partial charge on any atom is 0.251 e. The average molecular weight is 470 g/mol. The first-order chi connectivity index (χ1) is 16.6. The van der Waals surface area contributed by atoms with Gasteiger partial charge in [0.05, 0.1) is 5.92 Å². The Hall–Kier alpha value is -2.37. The number of likely N-dealkylation sites (tertiary alicyclic amines) is 1. The molecule has 0 radical (unpaired) electrons. The predicted molar refractivity (Wildman–Crippen MR) is 135 cm³/mol. The number of unbranched alkanes of at least 4 members (excludes halogenated alkanes) is 5. The fourth-order valence-corrected chi connectivity index (χ4v) is 5.25. The minimum absolute atomic E-state index is 0.0305. The van der Waals surface area contributed by atoms with E-state index in [9.17, 15) is 14.4 Å². The summed E-state index contributed by atoms with van der Waals surface area (Å²) >= 11 is 0. The smallest absolute Gasteiger partial charge is 0.251 e. The maximum atomic E-state index is 13.1. The van der Waals surface area contributed by atoms with Crippen LogP contribution in [0.15, 0.2) is 30.3 Å².